The van der Waals surface area contributed by atoms with Gasteiger partial charge in [-0.3, -0.25) is 5.41 Å². The molecule has 0 bridgehead atoms. The van der Waals surface area contributed by atoms with Crippen LogP contribution in [0.25, 0.3) is 0 Å². The smallest absolute Gasteiger partial charge is 0.124 e. The first-order valence-electron chi connectivity index (χ1n) is 7.31. The maximum absolute atomic E-state index is 7.77. The highest BCUT2D eigenvalue weighted by Crippen LogP contribution is 2.27. The van der Waals surface area contributed by atoms with Crippen LogP contribution in [0.5, 0.6) is 0 Å². The molecule has 0 saturated carbocycles. The van der Waals surface area contributed by atoms with Crippen LogP contribution in [0, 0.1) is 18.3 Å². The molecule has 1 atom stereocenters. The zero-order chi connectivity index (χ0) is 13.8. The number of rotatable bonds is 3. The van der Waals surface area contributed by atoms with Crippen molar-refractivity contribution < 1.29 is 0 Å². The summed E-state index contributed by atoms with van der Waals surface area (Å²) in [5, 5.41) is 7.77. The summed E-state index contributed by atoms with van der Waals surface area (Å²) in [7, 11) is 0. The van der Waals surface area contributed by atoms with Crippen molar-refractivity contribution in [3.63, 3.8) is 0 Å². The molecular formula is C16H25N3. The minimum atomic E-state index is 0.176. The van der Waals surface area contributed by atoms with Gasteiger partial charge in [-0.2, -0.15) is 0 Å². The summed E-state index contributed by atoms with van der Waals surface area (Å²) in [6, 6.07) is 6.27. The predicted molar refractivity (Wildman–Crippen MR) is 82.0 cm³/mol. The molecule has 0 amide bonds. The second-order valence-electron chi connectivity index (χ2n) is 5.63. The molecule has 0 radical (unpaired) electrons. The molecule has 3 heteroatoms. The number of nitrogens with two attached hydrogens (primary N) is 1. The summed E-state index contributed by atoms with van der Waals surface area (Å²) >= 11 is 0. The van der Waals surface area contributed by atoms with E-state index in [0.29, 0.717) is 0 Å². The van der Waals surface area contributed by atoms with E-state index < -0.39 is 0 Å². The van der Waals surface area contributed by atoms with Crippen molar-refractivity contribution in [1.29, 1.82) is 5.41 Å². The van der Waals surface area contributed by atoms with Gasteiger partial charge in [-0.05, 0) is 44.2 Å². The van der Waals surface area contributed by atoms with Crippen LogP contribution in [0.2, 0.25) is 0 Å². The standard InChI is InChI=1S/C16H25N3/c1-3-13-5-4-9-19(10-8-13)15-7-6-12(2)11-14(15)16(17)18/h6-7,11,13H,3-5,8-10H2,1-2H3,(H3,17,18). The predicted octanol–water partition coefficient (Wildman–Crippen LogP) is 3.30. The number of nitrogens with one attached hydrogen (secondary N) is 1. The van der Waals surface area contributed by atoms with Crippen LogP contribution in [-0.4, -0.2) is 18.9 Å². The van der Waals surface area contributed by atoms with Crippen molar-refractivity contribution in [1.82, 2.24) is 0 Å². The number of aryl methyl sites for hydroxylation is 1. The molecule has 0 aliphatic carbocycles. The molecule has 1 aromatic carbocycles. The first-order valence-corrected chi connectivity index (χ1v) is 7.31. The van der Waals surface area contributed by atoms with Crippen LogP contribution in [0.1, 0.15) is 43.7 Å². The molecule has 1 heterocycles. The Labute approximate surface area is 116 Å². The van der Waals surface area contributed by atoms with Crippen LogP contribution >= 0.6 is 0 Å². The van der Waals surface area contributed by atoms with Gasteiger partial charge >= 0.3 is 0 Å². The van der Waals surface area contributed by atoms with E-state index in [9.17, 15) is 0 Å². The SMILES string of the molecule is CCC1CCCN(c2ccc(C)cc2C(=N)N)CC1. The van der Waals surface area contributed by atoms with Gasteiger partial charge in [0.1, 0.15) is 5.84 Å². The molecule has 1 unspecified atom stereocenters. The Balaban J connectivity index is 2.23. The average Bonchev–Trinajstić information content (AvgIpc) is 2.63. The van der Waals surface area contributed by atoms with E-state index in [2.05, 4.69) is 24.0 Å². The number of hydrogen-bond donors (Lipinski definition) is 2. The number of hydrogen-bond acceptors (Lipinski definition) is 2. The lowest BCUT2D eigenvalue weighted by molar-refractivity contribution is 0.459. The number of nitrogens with zero attached hydrogens (tertiary/aromatic N) is 1. The normalized spacial score (nSPS) is 20.1. The number of amidine groups is 1. The first-order chi connectivity index (χ1) is 9.11. The van der Waals surface area contributed by atoms with E-state index in [0.717, 1.165) is 35.8 Å². The van der Waals surface area contributed by atoms with Crippen molar-refractivity contribution in [2.75, 3.05) is 18.0 Å². The largest absolute Gasteiger partial charge is 0.384 e. The fourth-order valence-corrected chi connectivity index (χ4v) is 2.96. The van der Waals surface area contributed by atoms with Gasteiger partial charge in [-0.1, -0.05) is 25.0 Å². The van der Waals surface area contributed by atoms with E-state index in [1.807, 2.05) is 13.0 Å². The Kier molecular flexibility index (Phi) is 4.46. The van der Waals surface area contributed by atoms with E-state index in [-0.39, 0.29) is 5.84 Å². The molecule has 0 spiro atoms. The number of nitrogen functional groups attached to an aromatic ring is 1. The topological polar surface area (TPSA) is 53.1 Å². The summed E-state index contributed by atoms with van der Waals surface area (Å²) in [4.78, 5) is 2.41. The van der Waals surface area contributed by atoms with Gasteiger partial charge in [0.2, 0.25) is 0 Å². The van der Waals surface area contributed by atoms with Crippen molar-refractivity contribution in [2.24, 2.45) is 11.7 Å². The van der Waals surface area contributed by atoms with Crippen molar-refractivity contribution >= 4 is 11.5 Å². The Morgan fingerprint density at radius 2 is 2.16 bits per heavy atom. The molecule has 3 N–H and O–H groups in total. The summed E-state index contributed by atoms with van der Waals surface area (Å²) in [5.41, 5.74) is 8.92. The van der Waals surface area contributed by atoms with E-state index in [1.165, 1.54) is 25.7 Å². The highest BCUT2D eigenvalue weighted by atomic mass is 15.1. The van der Waals surface area contributed by atoms with Crippen molar-refractivity contribution in [3.8, 4) is 0 Å². The molecule has 1 aromatic rings. The van der Waals surface area contributed by atoms with Gasteiger partial charge in [-0.25, -0.2) is 0 Å². The van der Waals surface area contributed by atoms with Gasteiger partial charge in [0.05, 0.1) is 0 Å². The molecule has 3 nitrogen and oxygen atoms in total. The lowest BCUT2D eigenvalue weighted by Gasteiger charge is -2.25. The Morgan fingerprint density at radius 3 is 2.84 bits per heavy atom. The lowest BCUT2D eigenvalue weighted by atomic mass is 9.98. The van der Waals surface area contributed by atoms with Crippen LogP contribution < -0.4 is 10.6 Å². The molecule has 1 aliphatic rings. The maximum atomic E-state index is 7.77. The number of anilines is 1. The molecule has 2 rings (SSSR count). The van der Waals surface area contributed by atoms with Gasteiger partial charge in [0, 0.05) is 24.3 Å². The second-order valence-corrected chi connectivity index (χ2v) is 5.63. The Bertz CT molecular complexity index is 453. The Morgan fingerprint density at radius 1 is 1.37 bits per heavy atom. The van der Waals surface area contributed by atoms with E-state index in [4.69, 9.17) is 11.1 Å². The highest BCUT2D eigenvalue weighted by molar-refractivity contribution is 6.00. The van der Waals surface area contributed by atoms with Crippen LogP contribution in [0.3, 0.4) is 0 Å². The minimum absolute atomic E-state index is 0.176. The molecule has 1 fully saturated rings. The molecule has 0 aromatic heterocycles. The third-order valence-electron chi connectivity index (χ3n) is 4.21. The van der Waals surface area contributed by atoms with Crippen LogP contribution in [0.4, 0.5) is 5.69 Å². The van der Waals surface area contributed by atoms with Gasteiger partial charge < -0.3 is 10.6 Å². The molecule has 19 heavy (non-hydrogen) atoms. The summed E-state index contributed by atoms with van der Waals surface area (Å²) in [6.45, 7) is 6.50. The molecular weight excluding hydrogens is 234 g/mol. The fourth-order valence-electron chi connectivity index (χ4n) is 2.96. The first kappa shape index (κ1) is 13.9. The third kappa shape index (κ3) is 3.28. The summed E-state index contributed by atoms with van der Waals surface area (Å²) < 4.78 is 0. The number of benzene rings is 1. The van der Waals surface area contributed by atoms with Crippen LogP contribution in [-0.2, 0) is 0 Å². The minimum Gasteiger partial charge on any atom is -0.384 e. The zero-order valence-electron chi connectivity index (χ0n) is 12.1. The molecule has 1 saturated heterocycles. The highest BCUT2D eigenvalue weighted by Gasteiger charge is 2.18. The zero-order valence-corrected chi connectivity index (χ0v) is 12.1. The lowest BCUT2D eigenvalue weighted by Crippen LogP contribution is -2.27. The van der Waals surface area contributed by atoms with E-state index >= 15 is 0 Å². The molecule has 1 aliphatic heterocycles. The van der Waals surface area contributed by atoms with Crippen molar-refractivity contribution in [3.05, 3.63) is 29.3 Å². The maximum Gasteiger partial charge on any atom is 0.124 e. The van der Waals surface area contributed by atoms with Gasteiger partial charge in [-0.15, -0.1) is 0 Å². The molecule has 104 valence electrons. The van der Waals surface area contributed by atoms with Crippen molar-refractivity contribution in [2.45, 2.75) is 39.5 Å². The van der Waals surface area contributed by atoms with E-state index in [1.54, 1.807) is 0 Å². The average molecular weight is 259 g/mol. The van der Waals surface area contributed by atoms with Crippen LogP contribution in [0.15, 0.2) is 18.2 Å². The fraction of sp³-hybridized carbons (Fsp3) is 0.562. The third-order valence-corrected chi connectivity index (χ3v) is 4.21. The summed E-state index contributed by atoms with van der Waals surface area (Å²) in [6.07, 6.45) is 5.10. The quantitative estimate of drug-likeness (QED) is 0.646. The van der Waals surface area contributed by atoms with Gasteiger partial charge in [0.25, 0.3) is 0 Å². The monoisotopic (exact) mass is 259 g/mol. The van der Waals surface area contributed by atoms with Gasteiger partial charge in [0.15, 0.2) is 0 Å². The Hall–Kier alpha value is -1.51. The second kappa shape index (κ2) is 6.09. The summed E-state index contributed by atoms with van der Waals surface area (Å²) in [5.74, 6) is 1.03.